The number of H-pyrrole nitrogens is 1. The molecule has 0 saturated carbocycles. The minimum Gasteiger partial charge on any atom is -0.385 e. The van der Waals surface area contributed by atoms with Crippen LogP contribution in [-0.2, 0) is 14.3 Å². The smallest absolute Gasteiger partial charge is 0.313 e. The first-order valence-electron chi connectivity index (χ1n) is 6.36. The molecule has 106 valence electrons. The van der Waals surface area contributed by atoms with Crippen molar-refractivity contribution in [1.82, 2.24) is 10.3 Å². The lowest BCUT2D eigenvalue weighted by Crippen LogP contribution is -2.36. The van der Waals surface area contributed by atoms with E-state index in [2.05, 4.69) is 15.6 Å². The Morgan fingerprint density at radius 3 is 2.90 bits per heavy atom. The van der Waals surface area contributed by atoms with E-state index in [1.54, 1.807) is 19.4 Å². The molecule has 0 aliphatic heterocycles. The third-order valence-corrected chi connectivity index (χ3v) is 2.86. The third kappa shape index (κ3) is 3.36. The van der Waals surface area contributed by atoms with Crippen molar-refractivity contribution in [3.63, 3.8) is 0 Å². The fourth-order valence-corrected chi connectivity index (χ4v) is 1.87. The van der Waals surface area contributed by atoms with Crippen LogP contribution in [0.3, 0.4) is 0 Å². The van der Waals surface area contributed by atoms with Crippen molar-refractivity contribution in [2.24, 2.45) is 0 Å². The number of aromatic amines is 1. The van der Waals surface area contributed by atoms with Gasteiger partial charge in [-0.05, 0) is 24.6 Å². The normalized spacial score (nSPS) is 10.4. The van der Waals surface area contributed by atoms with E-state index in [1.807, 2.05) is 18.2 Å². The van der Waals surface area contributed by atoms with Gasteiger partial charge in [-0.1, -0.05) is 6.07 Å². The van der Waals surface area contributed by atoms with Crippen molar-refractivity contribution in [3.05, 3.63) is 30.5 Å². The molecule has 0 bridgehead atoms. The van der Waals surface area contributed by atoms with Gasteiger partial charge in [0, 0.05) is 37.4 Å². The number of ether oxygens (including phenoxy) is 1. The van der Waals surface area contributed by atoms with E-state index < -0.39 is 11.8 Å². The van der Waals surface area contributed by atoms with Gasteiger partial charge in [-0.25, -0.2) is 0 Å². The lowest BCUT2D eigenvalue weighted by atomic mass is 10.2. The standard InChI is InChI=1S/C14H17N3O3/c1-20-9-3-7-16-13(18)14(19)17-12-5-2-4-11-10(12)6-8-15-11/h2,4-6,8,15H,3,7,9H2,1H3,(H,16,18)(H,17,19). The zero-order valence-corrected chi connectivity index (χ0v) is 11.2. The zero-order valence-electron chi connectivity index (χ0n) is 11.2. The number of amides is 2. The number of benzene rings is 1. The Morgan fingerprint density at radius 2 is 2.10 bits per heavy atom. The van der Waals surface area contributed by atoms with Crippen molar-refractivity contribution in [3.8, 4) is 0 Å². The maximum atomic E-state index is 11.8. The number of aromatic nitrogens is 1. The third-order valence-electron chi connectivity index (χ3n) is 2.86. The number of hydrogen-bond donors (Lipinski definition) is 3. The highest BCUT2D eigenvalue weighted by Gasteiger charge is 2.14. The minimum absolute atomic E-state index is 0.411. The van der Waals surface area contributed by atoms with Gasteiger partial charge < -0.3 is 20.4 Å². The van der Waals surface area contributed by atoms with Crippen LogP contribution in [0.1, 0.15) is 6.42 Å². The van der Waals surface area contributed by atoms with Gasteiger partial charge in [-0.15, -0.1) is 0 Å². The van der Waals surface area contributed by atoms with E-state index in [0.29, 0.717) is 25.3 Å². The second-order valence-corrected chi connectivity index (χ2v) is 4.30. The molecule has 0 aliphatic carbocycles. The molecular weight excluding hydrogens is 258 g/mol. The quantitative estimate of drug-likeness (QED) is 0.567. The number of methoxy groups -OCH3 is 1. The van der Waals surface area contributed by atoms with E-state index in [4.69, 9.17) is 4.74 Å². The second-order valence-electron chi connectivity index (χ2n) is 4.30. The lowest BCUT2D eigenvalue weighted by Gasteiger charge is -2.07. The number of carbonyl (C=O) groups is 2. The summed E-state index contributed by atoms with van der Waals surface area (Å²) in [4.78, 5) is 26.4. The second kappa shape index (κ2) is 6.72. The number of fused-ring (bicyclic) bond motifs is 1. The van der Waals surface area contributed by atoms with Crippen LogP contribution in [0.15, 0.2) is 30.5 Å². The molecule has 1 heterocycles. The predicted octanol–water partition coefficient (Wildman–Crippen LogP) is 1.26. The van der Waals surface area contributed by atoms with Crippen LogP contribution in [0.4, 0.5) is 5.69 Å². The molecular formula is C14H17N3O3. The number of carbonyl (C=O) groups excluding carboxylic acids is 2. The van der Waals surface area contributed by atoms with Gasteiger partial charge in [-0.2, -0.15) is 0 Å². The fourth-order valence-electron chi connectivity index (χ4n) is 1.87. The molecule has 6 heteroatoms. The first-order chi connectivity index (χ1) is 9.72. The van der Waals surface area contributed by atoms with Crippen molar-refractivity contribution >= 4 is 28.4 Å². The van der Waals surface area contributed by atoms with E-state index in [-0.39, 0.29) is 0 Å². The molecule has 0 atom stereocenters. The molecule has 2 amide bonds. The zero-order chi connectivity index (χ0) is 14.4. The molecule has 6 nitrogen and oxygen atoms in total. The molecule has 0 radical (unpaired) electrons. The Kier molecular flexibility index (Phi) is 4.73. The molecule has 0 unspecified atom stereocenters. The Hall–Kier alpha value is -2.34. The molecule has 1 aromatic heterocycles. The first kappa shape index (κ1) is 14.1. The average Bonchev–Trinajstić information content (AvgIpc) is 2.93. The van der Waals surface area contributed by atoms with Gasteiger partial charge in [-0.3, -0.25) is 9.59 Å². The molecule has 0 aliphatic rings. The molecule has 0 saturated heterocycles. The van der Waals surface area contributed by atoms with E-state index in [0.717, 1.165) is 10.9 Å². The van der Waals surface area contributed by atoms with Crippen LogP contribution in [0.5, 0.6) is 0 Å². The maximum absolute atomic E-state index is 11.8. The van der Waals surface area contributed by atoms with Crippen LogP contribution in [0.25, 0.3) is 10.9 Å². The number of rotatable bonds is 5. The molecule has 2 aromatic rings. The molecule has 0 spiro atoms. The van der Waals surface area contributed by atoms with Crippen molar-refractivity contribution in [2.75, 3.05) is 25.6 Å². The van der Waals surface area contributed by atoms with Crippen molar-refractivity contribution in [1.29, 1.82) is 0 Å². The first-order valence-corrected chi connectivity index (χ1v) is 6.36. The van der Waals surface area contributed by atoms with E-state index in [9.17, 15) is 9.59 Å². The number of hydrogen-bond acceptors (Lipinski definition) is 3. The summed E-state index contributed by atoms with van der Waals surface area (Å²) in [6, 6.07) is 7.31. The van der Waals surface area contributed by atoms with Crippen LogP contribution >= 0.6 is 0 Å². The highest BCUT2D eigenvalue weighted by molar-refractivity contribution is 6.40. The Morgan fingerprint density at radius 1 is 1.25 bits per heavy atom. The fraction of sp³-hybridized carbons (Fsp3) is 0.286. The largest absolute Gasteiger partial charge is 0.385 e. The summed E-state index contributed by atoms with van der Waals surface area (Å²) in [6.45, 7) is 0.957. The van der Waals surface area contributed by atoms with Gasteiger partial charge in [0.1, 0.15) is 0 Å². The molecule has 1 aromatic carbocycles. The highest BCUT2D eigenvalue weighted by Crippen LogP contribution is 2.21. The minimum atomic E-state index is -0.670. The molecule has 20 heavy (non-hydrogen) atoms. The van der Waals surface area contributed by atoms with Gasteiger partial charge in [0.25, 0.3) is 0 Å². The summed E-state index contributed by atoms with van der Waals surface area (Å²) in [5, 5.41) is 6.02. The molecule has 3 N–H and O–H groups in total. The average molecular weight is 275 g/mol. The molecule has 2 rings (SSSR count). The molecule has 0 fully saturated rings. The lowest BCUT2D eigenvalue weighted by molar-refractivity contribution is -0.136. The maximum Gasteiger partial charge on any atom is 0.313 e. The van der Waals surface area contributed by atoms with Crippen LogP contribution in [0.2, 0.25) is 0 Å². The van der Waals surface area contributed by atoms with E-state index in [1.165, 1.54) is 0 Å². The topological polar surface area (TPSA) is 83.2 Å². The number of nitrogens with one attached hydrogen (secondary N) is 3. The van der Waals surface area contributed by atoms with Gasteiger partial charge >= 0.3 is 11.8 Å². The summed E-state index contributed by atoms with van der Waals surface area (Å²) in [5.74, 6) is -1.32. The Bertz CT molecular complexity index is 606. The van der Waals surface area contributed by atoms with Crippen molar-refractivity contribution in [2.45, 2.75) is 6.42 Å². The Labute approximate surface area is 116 Å². The van der Waals surface area contributed by atoms with Gasteiger partial charge in [0.05, 0.1) is 5.69 Å². The van der Waals surface area contributed by atoms with Crippen molar-refractivity contribution < 1.29 is 14.3 Å². The Balaban J connectivity index is 1.94. The van der Waals surface area contributed by atoms with Gasteiger partial charge in [0.2, 0.25) is 0 Å². The van der Waals surface area contributed by atoms with Gasteiger partial charge in [0.15, 0.2) is 0 Å². The highest BCUT2D eigenvalue weighted by atomic mass is 16.5. The monoisotopic (exact) mass is 275 g/mol. The van der Waals surface area contributed by atoms with Crippen LogP contribution in [-0.4, -0.2) is 37.1 Å². The van der Waals surface area contributed by atoms with E-state index >= 15 is 0 Å². The SMILES string of the molecule is COCCCNC(=O)C(=O)Nc1cccc2[nH]ccc12. The summed E-state index contributed by atoms with van der Waals surface area (Å²) >= 11 is 0. The predicted molar refractivity (Wildman–Crippen MR) is 76.4 cm³/mol. The summed E-state index contributed by atoms with van der Waals surface area (Å²) in [5.41, 5.74) is 1.52. The number of anilines is 1. The summed E-state index contributed by atoms with van der Waals surface area (Å²) in [7, 11) is 1.59. The summed E-state index contributed by atoms with van der Waals surface area (Å²) in [6.07, 6.45) is 2.45. The summed E-state index contributed by atoms with van der Waals surface area (Å²) < 4.78 is 4.86. The van der Waals surface area contributed by atoms with Crippen LogP contribution in [0, 0.1) is 0 Å². The van der Waals surface area contributed by atoms with Crippen LogP contribution < -0.4 is 10.6 Å².